The smallest absolute Gasteiger partial charge is 0.146 e. The molecule has 18 heavy (non-hydrogen) atoms. The average molecular weight is 241 g/mol. The van der Waals surface area contributed by atoms with Crippen LogP contribution in [0, 0.1) is 5.82 Å². The summed E-state index contributed by atoms with van der Waals surface area (Å²) < 4.78 is 13.6. The van der Waals surface area contributed by atoms with Crippen LogP contribution in [0.15, 0.2) is 42.5 Å². The Kier molecular flexibility index (Phi) is 2.78. The Balaban J connectivity index is 1.86. The van der Waals surface area contributed by atoms with Gasteiger partial charge >= 0.3 is 0 Å². The van der Waals surface area contributed by atoms with Gasteiger partial charge in [0.25, 0.3) is 0 Å². The number of hydrogen-bond acceptors (Lipinski definition) is 1. The van der Waals surface area contributed by atoms with Crippen molar-refractivity contribution >= 4 is 5.69 Å². The van der Waals surface area contributed by atoms with E-state index >= 15 is 0 Å². The predicted molar refractivity (Wildman–Crippen MR) is 72.3 cm³/mol. The van der Waals surface area contributed by atoms with Crippen LogP contribution >= 0.6 is 0 Å². The van der Waals surface area contributed by atoms with E-state index in [2.05, 4.69) is 36.5 Å². The van der Waals surface area contributed by atoms with Crippen molar-refractivity contribution in [1.82, 2.24) is 0 Å². The minimum Gasteiger partial charge on any atom is -0.375 e. The molecule has 3 rings (SSSR count). The molecule has 0 bridgehead atoms. The summed E-state index contributed by atoms with van der Waals surface area (Å²) in [5.41, 5.74) is 4.30. The first-order chi connectivity index (χ1) is 8.78. The van der Waals surface area contributed by atoms with Crippen LogP contribution in [0.1, 0.15) is 29.7 Å². The molecule has 0 aromatic heterocycles. The maximum atomic E-state index is 13.6. The van der Waals surface area contributed by atoms with Gasteiger partial charge in [0.2, 0.25) is 0 Å². The fourth-order valence-corrected chi connectivity index (χ4v) is 2.53. The normalized spacial score (nSPS) is 17.3. The third-order valence-corrected chi connectivity index (χ3v) is 3.63. The van der Waals surface area contributed by atoms with E-state index in [0.29, 0.717) is 5.69 Å². The Hall–Kier alpha value is -1.83. The number of anilines is 1. The van der Waals surface area contributed by atoms with Crippen molar-refractivity contribution in [3.8, 4) is 0 Å². The third kappa shape index (κ3) is 1.88. The maximum absolute atomic E-state index is 13.6. The summed E-state index contributed by atoms with van der Waals surface area (Å²) >= 11 is 0. The van der Waals surface area contributed by atoms with Gasteiger partial charge < -0.3 is 5.32 Å². The Morgan fingerprint density at radius 3 is 2.61 bits per heavy atom. The second-order valence-electron chi connectivity index (χ2n) is 4.77. The minimum atomic E-state index is -0.153. The molecule has 2 heteroatoms. The molecular weight excluding hydrogens is 225 g/mol. The number of para-hydroxylation sites is 1. The lowest BCUT2D eigenvalue weighted by molar-refractivity contribution is 0.630. The largest absolute Gasteiger partial charge is 0.375 e. The van der Waals surface area contributed by atoms with E-state index in [1.54, 1.807) is 6.07 Å². The quantitative estimate of drug-likeness (QED) is 0.834. The zero-order chi connectivity index (χ0) is 12.5. The van der Waals surface area contributed by atoms with Crippen molar-refractivity contribution in [1.29, 1.82) is 0 Å². The maximum Gasteiger partial charge on any atom is 0.146 e. The molecule has 0 aliphatic carbocycles. The summed E-state index contributed by atoms with van der Waals surface area (Å²) in [5, 5.41) is 3.28. The van der Waals surface area contributed by atoms with Gasteiger partial charge in [-0.1, -0.05) is 43.3 Å². The summed E-state index contributed by atoms with van der Waals surface area (Å²) in [6.07, 6.45) is 1.91. The Bertz CT molecular complexity index is 560. The van der Waals surface area contributed by atoms with Crippen molar-refractivity contribution in [3.05, 3.63) is 65.0 Å². The number of aryl methyl sites for hydroxylation is 1. The number of benzene rings is 2. The molecule has 0 saturated heterocycles. The second kappa shape index (κ2) is 4.45. The third-order valence-electron chi connectivity index (χ3n) is 3.63. The van der Waals surface area contributed by atoms with Gasteiger partial charge in [0.15, 0.2) is 0 Å². The van der Waals surface area contributed by atoms with Crippen LogP contribution in [-0.4, -0.2) is 0 Å². The monoisotopic (exact) mass is 241 g/mol. The van der Waals surface area contributed by atoms with E-state index < -0.39 is 0 Å². The molecule has 0 saturated carbocycles. The molecule has 92 valence electrons. The molecule has 0 radical (unpaired) electrons. The molecule has 0 fully saturated rings. The van der Waals surface area contributed by atoms with E-state index in [-0.39, 0.29) is 11.9 Å². The highest BCUT2D eigenvalue weighted by Crippen LogP contribution is 2.35. The lowest BCUT2D eigenvalue weighted by Gasteiger charge is -2.12. The van der Waals surface area contributed by atoms with E-state index in [4.69, 9.17) is 0 Å². The molecule has 1 heterocycles. The fraction of sp³-hybridized carbons (Fsp3) is 0.250. The van der Waals surface area contributed by atoms with Gasteiger partial charge in [0.1, 0.15) is 5.82 Å². The molecule has 1 unspecified atom stereocenters. The first-order valence-electron chi connectivity index (χ1n) is 6.40. The van der Waals surface area contributed by atoms with E-state index in [1.165, 1.54) is 17.2 Å². The van der Waals surface area contributed by atoms with Gasteiger partial charge in [-0.3, -0.25) is 0 Å². The van der Waals surface area contributed by atoms with Crippen LogP contribution in [0.5, 0.6) is 0 Å². The number of halogens is 1. The standard InChI is InChI=1S/C16H16FN/c1-2-11-6-8-12(9-7-11)15-10-13-4-3-5-14(17)16(13)18-15/h3-9,15,18H,2,10H2,1H3. The Morgan fingerprint density at radius 2 is 1.94 bits per heavy atom. The molecule has 1 aliphatic heterocycles. The molecule has 0 spiro atoms. The first kappa shape index (κ1) is 11.3. The molecule has 1 N–H and O–H groups in total. The summed E-state index contributed by atoms with van der Waals surface area (Å²) in [5.74, 6) is -0.153. The molecule has 0 amide bonds. The van der Waals surface area contributed by atoms with Crippen LogP contribution in [0.2, 0.25) is 0 Å². The zero-order valence-corrected chi connectivity index (χ0v) is 10.4. The lowest BCUT2D eigenvalue weighted by Crippen LogP contribution is -2.06. The fourth-order valence-electron chi connectivity index (χ4n) is 2.53. The highest BCUT2D eigenvalue weighted by atomic mass is 19.1. The van der Waals surface area contributed by atoms with Crippen molar-refractivity contribution in [2.75, 3.05) is 5.32 Å². The van der Waals surface area contributed by atoms with Crippen molar-refractivity contribution in [2.24, 2.45) is 0 Å². The van der Waals surface area contributed by atoms with Crippen LogP contribution in [0.4, 0.5) is 10.1 Å². The van der Waals surface area contributed by atoms with Gasteiger partial charge in [-0.15, -0.1) is 0 Å². The van der Waals surface area contributed by atoms with Crippen LogP contribution < -0.4 is 5.32 Å². The molecule has 1 aliphatic rings. The van der Waals surface area contributed by atoms with Gasteiger partial charge in [-0.2, -0.15) is 0 Å². The van der Waals surface area contributed by atoms with Gasteiger partial charge in [0.05, 0.1) is 11.7 Å². The van der Waals surface area contributed by atoms with Crippen molar-refractivity contribution < 1.29 is 4.39 Å². The SMILES string of the molecule is CCc1ccc(C2Cc3cccc(F)c3N2)cc1. The number of fused-ring (bicyclic) bond motifs is 1. The van der Waals surface area contributed by atoms with E-state index in [0.717, 1.165) is 18.4 Å². The lowest BCUT2D eigenvalue weighted by atomic mass is 10.0. The molecular formula is C16H16FN. The average Bonchev–Trinajstić information content (AvgIpc) is 2.84. The number of nitrogens with one attached hydrogen (secondary N) is 1. The Labute approximate surface area is 107 Å². The zero-order valence-electron chi connectivity index (χ0n) is 10.4. The topological polar surface area (TPSA) is 12.0 Å². The molecule has 2 aromatic rings. The molecule has 1 nitrogen and oxygen atoms in total. The highest BCUT2D eigenvalue weighted by Gasteiger charge is 2.24. The summed E-state index contributed by atoms with van der Waals surface area (Å²) in [4.78, 5) is 0. The molecule has 2 aromatic carbocycles. The Morgan fingerprint density at radius 1 is 1.17 bits per heavy atom. The summed E-state index contributed by atoms with van der Waals surface area (Å²) in [6, 6.07) is 14.1. The van der Waals surface area contributed by atoms with E-state index in [1.807, 2.05) is 6.07 Å². The van der Waals surface area contributed by atoms with Crippen LogP contribution in [-0.2, 0) is 12.8 Å². The predicted octanol–water partition coefficient (Wildman–Crippen LogP) is 4.10. The van der Waals surface area contributed by atoms with Crippen LogP contribution in [0.25, 0.3) is 0 Å². The van der Waals surface area contributed by atoms with Crippen molar-refractivity contribution in [3.63, 3.8) is 0 Å². The second-order valence-corrected chi connectivity index (χ2v) is 4.77. The number of hydrogen-bond donors (Lipinski definition) is 1. The van der Waals surface area contributed by atoms with Gasteiger partial charge in [0, 0.05) is 0 Å². The van der Waals surface area contributed by atoms with Crippen LogP contribution in [0.3, 0.4) is 0 Å². The van der Waals surface area contributed by atoms with Crippen molar-refractivity contribution in [2.45, 2.75) is 25.8 Å². The summed E-state index contributed by atoms with van der Waals surface area (Å²) in [6.45, 7) is 2.15. The highest BCUT2D eigenvalue weighted by molar-refractivity contribution is 5.59. The first-order valence-corrected chi connectivity index (χ1v) is 6.40. The van der Waals surface area contributed by atoms with Gasteiger partial charge in [-0.05, 0) is 35.6 Å². The molecule has 1 atom stereocenters. The van der Waals surface area contributed by atoms with E-state index in [9.17, 15) is 4.39 Å². The minimum absolute atomic E-state index is 0.153. The van der Waals surface area contributed by atoms with Gasteiger partial charge in [-0.25, -0.2) is 4.39 Å². The number of rotatable bonds is 2. The summed E-state index contributed by atoms with van der Waals surface area (Å²) in [7, 11) is 0.